The molecule has 2 aromatic carbocycles. The molecule has 0 saturated carbocycles. The maximum absolute atomic E-state index is 13.1. The van der Waals surface area contributed by atoms with Crippen LogP contribution < -0.4 is 10.3 Å². The first-order valence-corrected chi connectivity index (χ1v) is 10.3. The number of ether oxygens (including phenoxy) is 1. The van der Waals surface area contributed by atoms with Crippen molar-refractivity contribution in [3.05, 3.63) is 64.4 Å². The highest BCUT2D eigenvalue weighted by Crippen LogP contribution is 2.26. The molecule has 0 amide bonds. The van der Waals surface area contributed by atoms with E-state index < -0.39 is 0 Å². The SMILES string of the molecule is CCN(CC)CCCN=Cc1c(O)n(-c2ccc(OC)cc2)c(=O)c2ccccc12. The van der Waals surface area contributed by atoms with Gasteiger partial charge in [0.1, 0.15) is 5.75 Å². The number of methoxy groups -OCH3 is 1. The molecule has 6 heteroatoms. The fourth-order valence-electron chi connectivity index (χ4n) is 3.54. The summed E-state index contributed by atoms with van der Waals surface area (Å²) in [6, 6.07) is 14.3. The Kier molecular flexibility index (Phi) is 7.25. The summed E-state index contributed by atoms with van der Waals surface area (Å²) < 4.78 is 6.51. The Balaban J connectivity index is 1.99. The Bertz CT molecular complexity index is 1070. The molecular weight excluding hydrogens is 378 g/mol. The topological polar surface area (TPSA) is 67.1 Å². The van der Waals surface area contributed by atoms with E-state index in [1.54, 1.807) is 43.7 Å². The van der Waals surface area contributed by atoms with E-state index in [0.29, 0.717) is 34.3 Å². The molecule has 1 aromatic heterocycles. The van der Waals surface area contributed by atoms with Crippen LogP contribution in [0.5, 0.6) is 11.6 Å². The van der Waals surface area contributed by atoms with Gasteiger partial charge in [-0.15, -0.1) is 0 Å². The van der Waals surface area contributed by atoms with Gasteiger partial charge in [0, 0.05) is 23.5 Å². The zero-order valence-corrected chi connectivity index (χ0v) is 17.8. The van der Waals surface area contributed by atoms with Crippen molar-refractivity contribution < 1.29 is 9.84 Å². The smallest absolute Gasteiger partial charge is 0.265 e. The summed E-state index contributed by atoms with van der Waals surface area (Å²) in [5, 5.41) is 12.2. The van der Waals surface area contributed by atoms with E-state index in [2.05, 4.69) is 23.7 Å². The van der Waals surface area contributed by atoms with Crippen LogP contribution in [0.4, 0.5) is 0 Å². The van der Waals surface area contributed by atoms with Crippen molar-refractivity contribution in [2.75, 3.05) is 33.3 Å². The molecule has 0 saturated heterocycles. The van der Waals surface area contributed by atoms with Gasteiger partial charge in [0.25, 0.3) is 5.56 Å². The van der Waals surface area contributed by atoms with Crippen LogP contribution in [0, 0.1) is 0 Å². The van der Waals surface area contributed by atoms with E-state index in [9.17, 15) is 9.90 Å². The van der Waals surface area contributed by atoms with Gasteiger partial charge in [-0.25, -0.2) is 4.57 Å². The van der Waals surface area contributed by atoms with Gasteiger partial charge in [-0.3, -0.25) is 9.79 Å². The maximum Gasteiger partial charge on any atom is 0.265 e. The minimum Gasteiger partial charge on any atom is -0.497 e. The summed E-state index contributed by atoms with van der Waals surface area (Å²) in [6.45, 7) is 8.00. The van der Waals surface area contributed by atoms with E-state index >= 15 is 0 Å². The second-order valence-corrected chi connectivity index (χ2v) is 7.04. The van der Waals surface area contributed by atoms with Crippen LogP contribution in [-0.4, -0.2) is 54.1 Å². The minimum absolute atomic E-state index is 0.114. The first kappa shape index (κ1) is 21.6. The third kappa shape index (κ3) is 4.54. The number of rotatable bonds is 9. The third-order valence-electron chi connectivity index (χ3n) is 5.31. The second-order valence-electron chi connectivity index (χ2n) is 7.04. The highest BCUT2D eigenvalue weighted by atomic mass is 16.5. The fraction of sp³-hybridized carbons (Fsp3) is 0.333. The Morgan fingerprint density at radius 1 is 1.07 bits per heavy atom. The number of aromatic hydroxyl groups is 1. The number of aromatic nitrogens is 1. The molecule has 0 aliphatic rings. The average Bonchev–Trinajstić information content (AvgIpc) is 2.78. The summed E-state index contributed by atoms with van der Waals surface area (Å²) >= 11 is 0. The molecule has 0 bridgehead atoms. The molecule has 0 radical (unpaired) electrons. The molecule has 0 atom stereocenters. The van der Waals surface area contributed by atoms with E-state index in [0.717, 1.165) is 26.1 Å². The normalized spacial score (nSPS) is 11.6. The van der Waals surface area contributed by atoms with Gasteiger partial charge >= 0.3 is 0 Å². The van der Waals surface area contributed by atoms with Gasteiger partial charge in [-0.05, 0) is 56.4 Å². The van der Waals surface area contributed by atoms with Crippen LogP contribution in [-0.2, 0) is 0 Å². The van der Waals surface area contributed by atoms with Crippen LogP contribution >= 0.6 is 0 Å². The first-order chi connectivity index (χ1) is 14.6. The van der Waals surface area contributed by atoms with E-state index in [-0.39, 0.29) is 11.4 Å². The number of hydrogen-bond acceptors (Lipinski definition) is 5. The largest absolute Gasteiger partial charge is 0.497 e. The average molecular weight is 408 g/mol. The zero-order valence-electron chi connectivity index (χ0n) is 17.8. The molecule has 3 aromatic rings. The van der Waals surface area contributed by atoms with Crippen molar-refractivity contribution in [3.8, 4) is 17.3 Å². The van der Waals surface area contributed by atoms with Crippen LogP contribution in [0.3, 0.4) is 0 Å². The standard InChI is InChI=1S/C24H29N3O3/c1-4-26(5-2)16-8-15-25-17-22-20-9-6-7-10-21(20)23(28)27(24(22)29)18-11-13-19(30-3)14-12-18/h6-7,9-14,17,29H,4-5,8,15-16H2,1-3H3. The number of nitrogens with zero attached hydrogens (tertiary/aromatic N) is 3. The van der Waals surface area contributed by atoms with Gasteiger partial charge in [0.15, 0.2) is 0 Å². The Morgan fingerprint density at radius 2 is 1.73 bits per heavy atom. The minimum atomic E-state index is -0.271. The highest BCUT2D eigenvalue weighted by molar-refractivity contribution is 6.01. The van der Waals surface area contributed by atoms with E-state index in [4.69, 9.17) is 4.74 Å². The van der Waals surface area contributed by atoms with E-state index in [1.165, 1.54) is 4.57 Å². The Hall–Kier alpha value is -3.12. The molecule has 1 N–H and O–H groups in total. The van der Waals surface area contributed by atoms with Gasteiger partial charge in [-0.2, -0.15) is 0 Å². The summed E-state index contributed by atoms with van der Waals surface area (Å²) in [5.41, 5.74) is 0.844. The quantitative estimate of drug-likeness (QED) is 0.432. The predicted octanol–water partition coefficient (Wildman–Crippen LogP) is 3.86. The van der Waals surface area contributed by atoms with Gasteiger partial charge in [0.2, 0.25) is 5.88 Å². The lowest BCUT2D eigenvalue weighted by molar-refractivity contribution is 0.302. The lowest BCUT2D eigenvalue weighted by Gasteiger charge is -2.16. The molecule has 158 valence electrons. The number of benzene rings is 2. The van der Waals surface area contributed by atoms with Crippen LogP contribution in [0.2, 0.25) is 0 Å². The zero-order chi connectivity index (χ0) is 21.5. The van der Waals surface area contributed by atoms with Crippen LogP contribution in [0.1, 0.15) is 25.8 Å². The van der Waals surface area contributed by atoms with E-state index in [1.807, 2.05) is 18.2 Å². The lowest BCUT2D eigenvalue weighted by atomic mass is 10.1. The lowest BCUT2D eigenvalue weighted by Crippen LogP contribution is -2.24. The van der Waals surface area contributed by atoms with Crippen molar-refractivity contribution in [1.82, 2.24) is 9.47 Å². The fourth-order valence-corrected chi connectivity index (χ4v) is 3.54. The number of aliphatic imine (C=N–C) groups is 1. The molecule has 30 heavy (non-hydrogen) atoms. The van der Waals surface area contributed by atoms with Crippen molar-refractivity contribution >= 4 is 17.0 Å². The van der Waals surface area contributed by atoms with Crippen molar-refractivity contribution in [1.29, 1.82) is 0 Å². The Morgan fingerprint density at radius 3 is 2.37 bits per heavy atom. The third-order valence-corrected chi connectivity index (χ3v) is 5.31. The summed E-state index contributed by atoms with van der Waals surface area (Å²) in [5.74, 6) is 0.568. The molecule has 6 nitrogen and oxygen atoms in total. The summed E-state index contributed by atoms with van der Waals surface area (Å²) in [7, 11) is 1.59. The molecule has 0 fully saturated rings. The molecule has 0 aliphatic heterocycles. The van der Waals surface area contributed by atoms with Crippen molar-refractivity contribution in [2.45, 2.75) is 20.3 Å². The number of pyridine rings is 1. The molecule has 3 rings (SSSR count). The van der Waals surface area contributed by atoms with Crippen molar-refractivity contribution in [2.24, 2.45) is 4.99 Å². The van der Waals surface area contributed by atoms with Gasteiger partial charge in [0.05, 0.1) is 18.4 Å². The molecule has 0 aliphatic carbocycles. The Labute approximate surface area is 177 Å². The molecular formula is C24H29N3O3. The van der Waals surface area contributed by atoms with Crippen LogP contribution in [0.25, 0.3) is 16.5 Å². The predicted molar refractivity (Wildman–Crippen MR) is 123 cm³/mol. The highest BCUT2D eigenvalue weighted by Gasteiger charge is 2.16. The molecule has 1 heterocycles. The summed E-state index contributed by atoms with van der Waals surface area (Å²) in [4.78, 5) is 20.0. The summed E-state index contributed by atoms with van der Waals surface area (Å²) in [6.07, 6.45) is 2.62. The first-order valence-electron chi connectivity index (χ1n) is 10.3. The van der Waals surface area contributed by atoms with Gasteiger partial charge in [-0.1, -0.05) is 32.0 Å². The monoisotopic (exact) mass is 407 g/mol. The number of hydrogen-bond donors (Lipinski definition) is 1. The molecule has 0 spiro atoms. The van der Waals surface area contributed by atoms with Gasteiger partial charge < -0.3 is 14.7 Å². The second kappa shape index (κ2) is 10.1. The van der Waals surface area contributed by atoms with Crippen molar-refractivity contribution in [3.63, 3.8) is 0 Å². The van der Waals surface area contributed by atoms with Crippen LogP contribution in [0.15, 0.2) is 58.3 Å². The maximum atomic E-state index is 13.1. The molecule has 0 unspecified atom stereocenters. The number of fused-ring (bicyclic) bond motifs is 1.